The highest BCUT2D eigenvalue weighted by molar-refractivity contribution is 5.91. The Morgan fingerprint density at radius 1 is 1.12 bits per heavy atom. The number of aromatic amines is 1. The minimum atomic E-state index is -4.37. The van der Waals surface area contributed by atoms with Crippen LogP contribution in [0.3, 0.4) is 0 Å². The summed E-state index contributed by atoms with van der Waals surface area (Å²) in [6, 6.07) is 2.45. The van der Waals surface area contributed by atoms with Gasteiger partial charge in [0.1, 0.15) is 38.8 Å². The zero-order valence-electron chi connectivity index (χ0n) is 12.8. The highest BCUT2D eigenvalue weighted by Gasteiger charge is 2.33. The lowest BCUT2D eigenvalue weighted by molar-refractivity contribution is -0.367. The summed E-state index contributed by atoms with van der Waals surface area (Å²) in [6.07, 6.45) is -2.09. The number of piperazine rings is 1. The number of ether oxygens (including phenoxy) is 2. The molecule has 0 saturated carbocycles. The van der Waals surface area contributed by atoms with Gasteiger partial charge in [0.15, 0.2) is 0 Å². The smallest absolute Gasteiger partial charge is 0.419 e. The van der Waals surface area contributed by atoms with E-state index in [0.717, 1.165) is 12.3 Å². The summed E-state index contributed by atoms with van der Waals surface area (Å²) in [5.74, 6) is 0.549. The maximum Gasteiger partial charge on any atom is 0.419 e. The molecule has 1 N–H and O–H groups in total. The summed E-state index contributed by atoms with van der Waals surface area (Å²) in [7, 11) is 0. The number of rotatable bonds is 2. The number of hydrogen-bond donors (Lipinski definition) is 0. The van der Waals surface area contributed by atoms with Crippen molar-refractivity contribution < 1.29 is 32.4 Å². The number of halogens is 3. The van der Waals surface area contributed by atoms with Gasteiger partial charge in [0.2, 0.25) is 5.76 Å². The molecule has 1 saturated heterocycles. The van der Waals surface area contributed by atoms with Crippen LogP contribution in [0.2, 0.25) is 0 Å². The van der Waals surface area contributed by atoms with Crippen LogP contribution in [0, 0.1) is 0 Å². The number of H-pyrrole nitrogens is 1. The van der Waals surface area contributed by atoms with Crippen LogP contribution in [-0.4, -0.2) is 50.2 Å². The summed E-state index contributed by atoms with van der Waals surface area (Å²) >= 11 is 0. The molecule has 0 radical (unpaired) electrons. The van der Waals surface area contributed by atoms with E-state index in [0.29, 0.717) is 45.2 Å². The Balaban J connectivity index is 1.58. The topological polar surface area (TPSA) is 56.2 Å². The summed E-state index contributed by atoms with van der Waals surface area (Å²) in [5.41, 5.74) is -0.721. The Bertz CT molecular complexity index is 623. The third kappa shape index (κ3) is 3.55. The molecule has 2 aliphatic heterocycles. The fraction of sp³-hybridized carbons (Fsp3) is 0.467. The first-order chi connectivity index (χ1) is 11.4. The van der Waals surface area contributed by atoms with Gasteiger partial charge in [-0.3, -0.25) is 9.69 Å². The van der Waals surface area contributed by atoms with E-state index >= 15 is 0 Å². The average molecular weight is 344 g/mol. The van der Waals surface area contributed by atoms with Crippen LogP contribution < -0.4 is 9.88 Å². The molecule has 1 fully saturated rings. The molecule has 0 bridgehead atoms. The van der Waals surface area contributed by atoms with Crippen LogP contribution in [0.1, 0.15) is 5.56 Å². The SMILES string of the molecule is O=C(C1=COCCO1)N1CCN(c2ccc(C(F)(F)F)c[nH+]2)CC1. The minimum Gasteiger partial charge on any atom is -0.494 e. The number of hydrogen-bond acceptors (Lipinski definition) is 4. The van der Waals surface area contributed by atoms with E-state index in [-0.39, 0.29) is 11.7 Å². The molecule has 0 aliphatic carbocycles. The molecule has 9 heteroatoms. The molecule has 24 heavy (non-hydrogen) atoms. The van der Waals surface area contributed by atoms with E-state index in [1.54, 1.807) is 4.90 Å². The monoisotopic (exact) mass is 344 g/mol. The van der Waals surface area contributed by atoms with E-state index < -0.39 is 11.7 Å². The van der Waals surface area contributed by atoms with Crippen molar-refractivity contribution in [2.75, 3.05) is 44.3 Å². The molecule has 1 aromatic heterocycles. The van der Waals surface area contributed by atoms with Crippen LogP contribution in [0.4, 0.5) is 19.0 Å². The number of nitrogens with zero attached hydrogens (tertiary/aromatic N) is 2. The lowest BCUT2D eigenvalue weighted by Gasteiger charge is -2.31. The number of aromatic nitrogens is 1. The third-order valence-corrected chi connectivity index (χ3v) is 3.89. The Labute approximate surface area is 136 Å². The molecule has 2 aliphatic rings. The highest BCUT2D eigenvalue weighted by atomic mass is 19.4. The molecule has 0 spiro atoms. The number of pyridine rings is 1. The van der Waals surface area contributed by atoms with Gasteiger partial charge in [0.25, 0.3) is 11.7 Å². The molecule has 3 heterocycles. The van der Waals surface area contributed by atoms with E-state index in [2.05, 4.69) is 4.98 Å². The Hall–Kier alpha value is -2.45. The predicted octanol–water partition coefficient (Wildman–Crippen LogP) is 1.06. The number of alkyl halides is 3. The molecule has 3 rings (SSSR count). The molecular formula is C15H17F3N3O3+. The first kappa shape index (κ1) is 16.4. The van der Waals surface area contributed by atoms with Gasteiger partial charge in [-0.25, -0.2) is 4.98 Å². The van der Waals surface area contributed by atoms with E-state index in [4.69, 9.17) is 9.47 Å². The van der Waals surface area contributed by atoms with Crippen molar-refractivity contribution in [1.82, 2.24) is 4.90 Å². The van der Waals surface area contributed by atoms with E-state index in [9.17, 15) is 18.0 Å². The van der Waals surface area contributed by atoms with Crippen LogP contribution in [0.25, 0.3) is 0 Å². The van der Waals surface area contributed by atoms with Crippen LogP contribution >= 0.6 is 0 Å². The zero-order valence-corrected chi connectivity index (χ0v) is 12.8. The molecule has 130 valence electrons. The van der Waals surface area contributed by atoms with Crippen LogP contribution in [0.5, 0.6) is 0 Å². The van der Waals surface area contributed by atoms with Crippen molar-refractivity contribution >= 4 is 11.7 Å². The molecule has 1 amide bonds. The number of nitrogens with one attached hydrogen (secondary N) is 1. The predicted molar refractivity (Wildman–Crippen MR) is 76.8 cm³/mol. The van der Waals surface area contributed by atoms with Gasteiger partial charge in [0, 0.05) is 6.07 Å². The second-order valence-corrected chi connectivity index (χ2v) is 5.44. The fourth-order valence-electron chi connectivity index (χ4n) is 2.58. The number of anilines is 1. The van der Waals surface area contributed by atoms with Crippen LogP contribution in [-0.2, 0) is 20.4 Å². The lowest BCUT2D eigenvalue weighted by atomic mass is 10.2. The Kier molecular flexibility index (Phi) is 4.50. The summed E-state index contributed by atoms with van der Waals surface area (Å²) < 4.78 is 48.1. The van der Waals surface area contributed by atoms with Gasteiger partial charge in [-0.2, -0.15) is 13.2 Å². The number of amides is 1. The van der Waals surface area contributed by atoms with Crippen molar-refractivity contribution in [1.29, 1.82) is 0 Å². The van der Waals surface area contributed by atoms with E-state index in [1.807, 2.05) is 4.90 Å². The van der Waals surface area contributed by atoms with E-state index in [1.165, 1.54) is 12.3 Å². The van der Waals surface area contributed by atoms with Crippen molar-refractivity contribution in [2.24, 2.45) is 0 Å². The van der Waals surface area contributed by atoms with Crippen molar-refractivity contribution in [3.8, 4) is 0 Å². The first-order valence-corrected chi connectivity index (χ1v) is 7.53. The van der Waals surface area contributed by atoms with Gasteiger partial charge in [-0.15, -0.1) is 0 Å². The van der Waals surface area contributed by atoms with Crippen molar-refractivity contribution in [2.45, 2.75) is 6.18 Å². The highest BCUT2D eigenvalue weighted by Crippen LogP contribution is 2.28. The van der Waals surface area contributed by atoms with Gasteiger partial charge in [0.05, 0.1) is 18.7 Å². The van der Waals surface area contributed by atoms with Gasteiger partial charge < -0.3 is 14.4 Å². The minimum absolute atomic E-state index is 0.191. The third-order valence-electron chi connectivity index (χ3n) is 3.89. The molecular weight excluding hydrogens is 327 g/mol. The lowest BCUT2D eigenvalue weighted by Crippen LogP contribution is -2.50. The molecule has 1 aromatic rings. The van der Waals surface area contributed by atoms with Gasteiger partial charge in [-0.1, -0.05) is 0 Å². The molecule has 6 nitrogen and oxygen atoms in total. The largest absolute Gasteiger partial charge is 0.494 e. The summed E-state index contributed by atoms with van der Waals surface area (Å²) in [6.45, 7) is 2.71. The second kappa shape index (κ2) is 6.58. The zero-order chi connectivity index (χ0) is 17.2. The standard InChI is InChI=1S/C15H16F3N3O3/c16-15(17,18)11-1-2-13(19-9-11)20-3-5-21(6-4-20)14(22)12-10-23-7-8-24-12/h1-2,9-10H,3-8H2/p+1. The van der Waals surface area contributed by atoms with Crippen LogP contribution in [0.15, 0.2) is 30.4 Å². The summed E-state index contributed by atoms with van der Waals surface area (Å²) in [4.78, 5) is 18.5. The number of carbonyl (C=O) groups excluding carboxylic acids is 1. The first-order valence-electron chi connectivity index (χ1n) is 7.53. The average Bonchev–Trinajstić information content (AvgIpc) is 2.61. The Morgan fingerprint density at radius 3 is 2.42 bits per heavy atom. The molecule has 0 aromatic carbocycles. The molecule has 0 atom stereocenters. The quantitative estimate of drug-likeness (QED) is 0.805. The number of carbonyl (C=O) groups is 1. The van der Waals surface area contributed by atoms with Crippen molar-refractivity contribution in [3.63, 3.8) is 0 Å². The maximum atomic E-state index is 12.6. The molecule has 0 unspecified atom stereocenters. The van der Waals surface area contributed by atoms with Crippen molar-refractivity contribution in [3.05, 3.63) is 35.9 Å². The maximum absolute atomic E-state index is 12.6. The second-order valence-electron chi connectivity index (χ2n) is 5.44. The fourth-order valence-corrected chi connectivity index (χ4v) is 2.58. The van der Waals surface area contributed by atoms with Gasteiger partial charge >= 0.3 is 6.18 Å². The van der Waals surface area contributed by atoms with Gasteiger partial charge in [-0.05, 0) is 6.07 Å². The normalized spacial score (nSPS) is 18.5. The summed E-state index contributed by atoms with van der Waals surface area (Å²) in [5, 5.41) is 0. The Morgan fingerprint density at radius 2 is 1.88 bits per heavy atom.